The van der Waals surface area contributed by atoms with E-state index < -0.39 is 5.97 Å². The van der Waals surface area contributed by atoms with Crippen LogP contribution in [-0.2, 0) is 24.2 Å². The number of carbonyl (C=O) groups excluding carboxylic acids is 2. The van der Waals surface area contributed by atoms with Gasteiger partial charge < -0.3 is 19.7 Å². The predicted octanol–water partition coefficient (Wildman–Crippen LogP) is 3.97. The minimum Gasteiger partial charge on any atom is -0.496 e. The summed E-state index contributed by atoms with van der Waals surface area (Å²) in [6, 6.07) is 21.4. The highest BCUT2D eigenvalue weighted by atomic mass is 16.5. The molecule has 0 fully saturated rings. The van der Waals surface area contributed by atoms with Gasteiger partial charge in [-0.1, -0.05) is 30.3 Å². The van der Waals surface area contributed by atoms with Crippen LogP contribution in [0.1, 0.15) is 37.4 Å². The lowest BCUT2D eigenvalue weighted by atomic mass is 9.99. The fraction of sp³-hybridized carbons (Fsp3) is 0.231. The molecule has 164 valence electrons. The quantitative estimate of drug-likeness (QED) is 0.600. The fourth-order valence-electron chi connectivity index (χ4n) is 3.96. The van der Waals surface area contributed by atoms with E-state index in [-0.39, 0.29) is 12.5 Å². The van der Waals surface area contributed by atoms with Crippen molar-refractivity contribution >= 4 is 17.6 Å². The molecule has 32 heavy (non-hydrogen) atoms. The zero-order chi connectivity index (χ0) is 22.5. The summed E-state index contributed by atoms with van der Waals surface area (Å²) >= 11 is 0. The molecule has 0 aromatic heterocycles. The number of ether oxygens (including phenoxy) is 2. The summed E-state index contributed by atoms with van der Waals surface area (Å²) in [6.45, 7) is 2.13. The first-order chi connectivity index (χ1) is 15.6. The van der Waals surface area contributed by atoms with Crippen LogP contribution in [0.2, 0.25) is 0 Å². The Labute approximate surface area is 187 Å². The van der Waals surface area contributed by atoms with Gasteiger partial charge >= 0.3 is 5.97 Å². The second kappa shape index (κ2) is 9.56. The monoisotopic (exact) mass is 430 g/mol. The van der Waals surface area contributed by atoms with Crippen LogP contribution in [0.25, 0.3) is 0 Å². The van der Waals surface area contributed by atoms with E-state index in [1.165, 1.54) is 25.3 Å². The van der Waals surface area contributed by atoms with Gasteiger partial charge in [0.25, 0.3) is 5.91 Å². The van der Waals surface area contributed by atoms with Gasteiger partial charge in [0.15, 0.2) is 0 Å². The molecule has 0 aliphatic carbocycles. The van der Waals surface area contributed by atoms with Gasteiger partial charge in [-0.05, 0) is 59.5 Å². The van der Waals surface area contributed by atoms with E-state index in [0.717, 1.165) is 30.8 Å². The maximum atomic E-state index is 12.6. The third-order valence-corrected chi connectivity index (χ3v) is 5.75. The first-order valence-corrected chi connectivity index (χ1v) is 10.5. The third-order valence-electron chi connectivity index (χ3n) is 5.75. The number of nitrogens with one attached hydrogen (secondary N) is 1. The molecule has 6 heteroatoms. The fourth-order valence-corrected chi connectivity index (χ4v) is 3.96. The van der Waals surface area contributed by atoms with Gasteiger partial charge in [-0.2, -0.15) is 0 Å². The van der Waals surface area contributed by atoms with Crippen LogP contribution in [0.15, 0.2) is 66.7 Å². The lowest BCUT2D eigenvalue weighted by Gasteiger charge is -2.30. The van der Waals surface area contributed by atoms with Crippen molar-refractivity contribution in [1.29, 1.82) is 0 Å². The lowest BCUT2D eigenvalue weighted by molar-refractivity contribution is 0.0597. The summed E-state index contributed by atoms with van der Waals surface area (Å²) in [5, 5.41) is 2.90. The second-order valence-corrected chi connectivity index (χ2v) is 7.70. The van der Waals surface area contributed by atoms with Crippen LogP contribution in [-0.4, -0.2) is 32.6 Å². The molecular weight excluding hydrogens is 404 g/mol. The van der Waals surface area contributed by atoms with E-state index >= 15 is 0 Å². The van der Waals surface area contributed by atoms with Crippen LogP contribution >= 0.6 is 0 Å². The minimum absolute atomic E-state index is 0.170. The standard InChI is InChI=1S/C26H26N2O4/c1-31-24-12-7-18(15-23(24)26(30)32-2)16-27-25(29)20-8-10-22(11-9-20)28-14-13-19-5-3-4-6-21(19)17-28/h3-12,15H,13-14,16-17H2,1-2H3,(H,27,29). The summed E-state index contributed by atoms with van der Waals surface area (Å²) in [7, 11) is 2.82. The van der Waals surface area contributed by atoms with E-state index in [1.54, 1.807) is 12.1 Å². The number of benzene rings is 3. The average Bonchev–Trinajstić information content (AvgIpc) is 2.86. The van der Waals surface area contributed by atoms with E-state index in [1.807, 2.05) is 30.3 Å². The Hall–Kier alpha value is -3.80. The summed E-state index contributed by atoms with van der Waals surface area (Å²) in [5.41, 5.74) is 5.57. The topological polar surface area (TPSA) is 67.9 Å². The van der Waals surface area contributed by atoms with Crippen LogP contribution < -0.4 is 15.0 Å². The maximum Gasteiger partial charge on any atom is 0.341 e. The number of fused-ring (bicyclic) bond motifs is 1. The molecule has 6 nitrogen and oxygen atoms in total. The van der Waals surface area contributed by atoms with Crippen molar-refractivity contribution in [2.75, 3.05) is 25.7 Å². The van der Waals surface area contributed by atoms with Crippen molar-refractivity contribution in [2.24, 2.45) is 0 Å². The van der Waals surface area contributed by atoms with Gasteiger partial charge in [0.1, 0.15) is 11.3 Å². The molecular formula is C26H26N2O4. The Bertz CT molecular complexity index is 1120. The first-order valence-electron chi connectivity index (χ1n) is 10.5. The van der Waals surface area contributed by atoms with Gasteiger partial charge in [0.05, 0.1) is 14.2 Å². The molecule has 4 rings (SSSR count). The molecule has 0 radical (unpaired) electrons. The lowest BCUT2D eigenvalue weighted by Crippen LogP contribution is -2.30. The van der Waals surface area contributed by atoms with Crippen LogP contribution in [0.5, 0.6) is 5.75 Å². The van der Waals surface area contributed by atoms with Gasteiger partial charge in [-0.25, -0.2) is 4.79 Å². The van der Waals surface area contributed by atoms with Gasteiger partial charge in [0.2, 0.25) is 0 Å². The van der Waals surface area contributed by atoms with E-state index in [4.69, 9.17) is 9.47 Å². The van der Waals surface area contributed by atoms with Crippen molar-refractivity contribution < 1.29 is 19.1 Å². The third kappa shape index (κ3) is 4.59. The Morgan fingerprint density at radius 2 is 1.72 bits per heavy atom. The highest BCUT2D eigenvalue weighted by Crippen LogP contribution is 2.25. The second-order valence-electron chi connectivity index (χ2n) is 7.70. The molecule has 1 amide bonds. The smallest absolute Gasteiger partial charge is 0.341 e. The molecule has 0 unspecified atom stereocenters. The number of methoxy groups -OCH3 is 2. The highest BCUT2D eigenvalue weighted by Gasteiger charge is 2.17. The molecule has 0 saturated carbocycles. The summed E-state index contributed by atoms with van der Waals surface area (Å²) in [6.07, 6.45) is 1.02. The van der Waals surface area contributed by atoms with Gasteiger partial charge in [0, 0.05) is 30.9 Å². The number of nitrogens with zero attached hydrogens (tertiary/aromatic N) is 1. The molecule has 0 atom stereocenters. The first kappa shape index (κ1) is 21.4. The largest absolute Gasteiger partial charge is 0.496 e. The van der Waals surface area contributed by atoms with Gasteiger partial charge in [-0.15, -0.1) is 0 Å². The normalized spacial score (nSPS) is 12.6. The van der Waals surface area contributed by atoms with E-state index in [9.17, 15) is 9.59 Å². The zero-order valence-corrected chi connectivity index (χ0v) is 18.3. The Morgan fingerprint density at radius 3 is 2.44 bits per heavy atom. The molecule has 1 aliphatic heterocycles. The van der Waals surface area contributed by atoms with Crippen molar-refractivity contribution in [3.05, 3.63) is 94.5 Å². The molecule has 0 spiro atoms. The van der Waals surface area contributed by atoms with E-state index in [2.05, 4.69) is 34.5 Å². The molecule has 3 aromatic carbocycles. The predicted molar refractivity (Wildman–Crippen MR) is 123 cm³/mol. The van der Waals surface area contributed by atoms with Crippen molar-refractivity contribution in [3.63, 3.8) is 0 Å². The Morgan fingerprint density at radius 1 is 0.969 bits per heavy atom. The average molecular weight is 431 g/mol. The number of anilines is 1. The van der Waals surface area contributed by atoms with Gasteiger partial charge in [-0.3, -0.25) is 4.79 Å². The number of rotatable bonds is 6. The van der Waals surface area contributed by atoms with Crippen molar-refractivity contribution in [2.45, 2.75) is 19.5 Å². The van der Waals surface area contributed by atoms with Crippen molar-refractivity contribution in [3.8, 4) is 5.75 Å². The number of hydrogen-bond acceptors (Lipinski definition) is 5. The summed E-state index contributed by atoms with van der Waals surface area (Å²) in [5.74, 6) is -0.218. The zero-order valence-electron chi connectivity index (χ0n) is 18.3. The molecule has 1 N–H and O–H groups in total. The van der Waals surface area contributed by atoms with Crippen molar-refractivity contribution in [1.82, 2.24) is 5.32 Å². The Balaban J connectivity index is 1.39. The number of esters is 1. The SMILES string of the molecule is COC(=O)c1cc(CNC(=O)c2ccc(N3CCc4ccccc4C3)cc2)ccc1OC. The molecule has 1 heterocycles. The molecule has 0 bridgehead atoms. The number of hydrogen-bond donors (Lipinski definition) is 1. The summed E-state index contributed by atoms with van der Waals surface area (Å²) in [4.78, 5) is 26.9. The Kier molecular flexibility index (Phi) is 6.40. The molecule has 0 saturated heterocycles. The number of amides is 1. The maximum absolute atomic E-state index is 12.6. The highest BCUT2D eigenvalue weighted by molar-refractivity contribution is 5.95. The minimum atomic E-state index is -0.481. The summed E-state index contributed by atoms with van der Waals surface area (Å²) < 4.78 is 10.0. The van der Waals surface area contributed by atoms with Crippen LogP contribution in [0.3, 0.4) is 0 Å². The number of carbonyl (C=O) groups is 2. The molecule has 1 aliphatic rings. The van der Waals surface area contributed by atoms with E-state index in [0.29, 0.717) is 16.9 Å². The van der Waals surface area contributed by atoms with Crippen LogP contribution in [0.4, 0.5) is 5.69 Å². The van der Waals surface area contributed by atoms with Crippen LogP contribution in [0, 0.1) is 0 Å². The molecule has 3 aromatic rings.